The third-order valence-corrected chi connectivity index (χ3v) is 6.42. The predicted molar refractivity (Wildman–Crippen MR) is 148 cm³/mol. The maximum Gasteiger partial charge on any atom is 0.417 e. The summed E-state index contributed by atoms with van der Waals surface area (Å²) in [5, 5.41) is 13.5. The number of H-pyrrole nitrogens is 1. The van der Waals surface area contributed by atoms with Crippen LogP contribution in [-0.2, 0) is 12.4 Å². The molecule has 0 aliphatic rings. The molecule has 0 bridgehead atoms. The quantitative estimate of drug-likeness (QED) is 0.156. The van der Waals surface area contributed by atoms with Gasteiger partial charge in [-0.2, -0.15) is 31.6 Å². The van der Waals surface area contributed by atoms with Crippen LogP contribution >= 0.6 is 0 Å². The fourth-order valence-electron chi connectivity index (χ4n) is 4.40. The van der Waals surface area contributed by atoms with Crippen molar-refractivity contribution < 1.29 is 35.2 Å². The molecule has 4 aromatic carbocycles. The molecule has 9 nitrogen and oxygen atoms in total. The van der Waals surface area contributed by atoms with Gasteiger partial charge in [0.05, 0.1) is 23.2 Å². The Bertz CT molecular complexity index is 2180. The average Bonchev–Trinajstić information content (AvgIpc) is 3.79. The van der Waals surface area contributed by atoms with E-state index in [1.165, 1.54) is 54.6 Å². The molecule has 0 unspecified atom stereocenters. The van der Waals surface area contributed by atoms with Crippen molar-refractivity contribution in [2.24, 2.45) is 0 Å². The summed E-state index contributed by atoms with van der Waals surface area (Å²) in [6, 6.07) is 19.7. The largest absolute Gasteiger partial charge is 0.436 e. The third-order valence-electron chi connectivity index (χ3n) is 6.42. The molecule has 3 heterocycles. The maximum atomic E-state index is 13.1. The van der Waals surface area contributed by atoms with Gasteiger partial charge in [0.15, 0.2) is 16.9 Å². The number of aromatic amines is 1. The summed E-state index contributed by atoms with van der Waals surface area (Å²) in [6.07, 6.45) is -8.98. The second kappa shape index (κ2) is 11.2. The summed E-state index contributed by atoms with van der Waals surface area (Å²) >= 11 is 0. The topological polar surface area (TPSA) is 111 Å². The SMILES string of the molecule is FC(F)(F)c1ccccc1-c1nc2cc(-c3nn[nH]n3)ccc2o1.[C-]#[N+]c1ccc2oc(-c3ccccc3C(F)(F)F)nc2c1. The Morgan fingerprint density at radius 1 is 0.667 bits per heavy atom. The highest BCUT2D eigenvalue weighted by Gasteiger charge is 2.35. The van der Waals surface area contributed by atoms with E-state index >= 15 is 0 Å². The Morgan fingerprint density at radius 3 is 1.71 bits per heavy atom. The highest BCUT2D eigenvalue weighted by atomic mass is 19.4. The molecule has 0 saturated carbocycles. The van der Waals surface area contributed by atoms with Crippen molar-refractivity contribution in [2.75, 3.05) is 0 Å². The fraction of sp³-hybridized carbons (Fsp3) is 0.0667. The Labute approximate surface area is 248 Å². The van der Waals surface area contributed by atoms with Crippen molar-refractivity contribution in [1.82, 2.24) is 30.6 Å². The number of tetrazole rings is 1. The lowest BCUT2D eigenvalue weighted by molar-refractivity contribution is -0.138. The van der Waals surface area contributed by atoms with Crippen molar-refractivity contribution >= 4 is 27.9 Å². The number of hydrogen-bond donors (Lipinski definition) is 1. The molecule has 224 valence electrons. The molecule has 45 heavy (non-hydrogen) atoms. The minimum atomic E-state index is -4.49. The van der Waals surface area contributed by atoms with Crippen LogP contribution in [0.25, 0.3) is 61.3 Å². The molecule has 7 aromatic rings. The summed E-state index contributed by atoms with van der Waals surface area (Å²) in [4.78, 5) is 11.5. The van der Waals surface area contributed by atoms with Crippen LogP contribution in [0.5, 0.6) is 0 Å². The van der Waals surface area contributed by atoms with Gasteiger partial charge in [0.1, 0.15) is 5.52 Å². The smallest absolute Gasteiger partial charge is 0.417 e. The summed E-state index contributed by atoms with van der Waals surface area (Å²) in [7, 11) is 0. The molecule has 7 rings (SSSR count). The zero-order valence-corrected chi connectivity index (χ0v) is 22.4. The van der Waals surface area contributed by atoms with E-state index in [-0.39, 0.29) is 22.9 Å². The molecular weight excluding hydrogens is 604 g/mol. The lowest BCUT2D eigenvalue weighted by Crippen LogP contribution is -2.06. The molecular formula is C30H15F6N7O2. The number of alkyl halides is 6. The van der Waals surface area contributed by atoms with Gasteiger partial charge in [-0.1, -0.05) is 30.3 Å². The highest BCUT2D eigenvalue weighted by Crippen LogP contribution is 2.39. The number of nitrogens with zero attached hydrogens (tertiary/aromatic N) is 6. The molecule has 0 spiro atoms. The number of benzene rings is 4. The molecule has 0 aliphatic heterocycles. The van der Waals surface area contributed by atoms with Gasteiger partial charge in [-0.05, 0) is 59.8 Å². The number of halogens is 6. The first-order valence-electron chi connectivity index (χ1n) is 12.8. The van der Waals surface area contributed by atoms with Gasteiger partial charge in [0.2, 0.25) is 17.6 Å². The van der Waals surface area contributed by atoms with Crippen LogP contribution < -0.4 is 0 Å². The van der Waals surface area contributed by atoms with Crippen LogP contribution in [0, 0.1) is 6.57 Å². The molecule has 3 aromatic heterocycles. The molecule has 1 N–H and O–H groups in total. The molecule has 0 amide bonds. The number of oxazole rings is 2. The Morgan fingerprint density at radius 2 is 1.20 bits per heavy atom. The molecule has 0 saturated heterocycles. The zero-order chi connectivity index (χ0) is 31.8. The highest BCUT2D eigenvalue weighted by molar-refractivity contribution is 5.82. The lowest BCUT2D eigenvalue weighted by Gasteiger charge is -2.09. The van der Waals surface area contributed by atoms with E-state index in [9.17, 15) is 26.3 Å². The van der Waals surface area contributed by atoms with Gasteiger partial charge in [-0.25, -0.2) is 14.8 Å². The second-order valence-electron chi connectivity index (χ2n) is 9.31. The van der Waals surface area contributed by atoms with Crippen LogP contribution in [0.15, 0.2) is 93.8 Å². The first-order chi connectivity index (χ1) is 21.5. The van der Waals surface area contributed by atoms with Crippen LogP contribution in [-0.4, -0.2) is 30.6 Å². The number of rotatable bonds is 3. The minimum absolute atomic E-state index is 0.0943. The third kappa shape index (κ3) is 5.93. The van der Waals surface area contributed by atoms with Gasteiger partial charge in [-0.15, -0.1) is 10.2 Å². The van der Waals surface area contributed by atoms with Gasteiger partial charge in [0, 0.05) is 16.7 Å². The molecule has 15 heteroatoms. The maximum absolute atomic E-state index is 13.1. The first-order valence-corrected chi connectivity index (χ1v) is 12.8. The normalized spacial score (nSPS) is 11.8. The van der Waals surface area contributed by atoms with E-state index in [0.717, 1.165) is 12.1 Å². The number of nitrogens with one attached hydrogen (secondary N) is 1. The second-order valence-corrected chi connectivity index (χ2v) is 9.31. The van der Waals surface area contributed by atoms with Gasteiger partial charge in [0.25, 0.3) is 0 Å². The van der Waals surface area contributed by atoms with Crippen molar-refractivity contribution in [2.45, 2.75) is 12.4 Å². The first kappa shape index (κ1) is 29.1. The van der Waals surface area contributed by atoms with Gasteiger partial charge in [-0.3, -0.25) is 0 Å². The van der Waals surface area contributed by atoms with E-state index in [0.29, 0.717) is 39.3 Å². The van der Waals surface area contributed by atoms with E-state index in [4.69, 9.17) is 15.4 Å². The lowest BCUT2D eigenvalue weighted by atomic mass is 10.1. The van der Waals surface area contributed by atoms with Crippen LogP contribution in [0.1, 0.15) is 11.1 Å². The van der Waals surface area contributed by atoms with Crippen molar-refractivity contribution in [3.8, 4) is 34.3 Å². The van der Waals surface area contributed by atoms with Gasteiger partial charge >= 0.3 is 12.4 Å². The summed E-state index contributed by atoms with van der Waals surface area (Å²) in [5.41, 5.74) is 0.625. The van der Waals surface area contributed by atoms with Gasteiger partial charge < -0.3 is 8.83 Å². The van der Waals surface area contributed by atoms with Crippen LogP contribution in [0.4, 0.5) is 32.0 Å². The fourth-order valence-corrected chi connectivity index (χ4v) is 4.40. The monoisotopic (exact) mass is 619 g/mol. The van der Waals surface area contributed by atoms with E-state index < -0.39 is 23.5 Å². The molecule has 0 atom stereocenters. The Kier molecular flexibility index (Phi) is 7.25. The summed E-state index contributed by atoms with van der Waals surface area (Å²) in [6.45, 7) is 6.92. The van der Waals surface area contributed by atoms with Crippen LogP contribution in [0.3, 0.4) is 0 Å². The zero-order valence-electron chi connectivity index (χ0n) is 22.4. The number of fused-ring (bicyclic) bond motifs is 2. The molecule has 0 fully saturated rings. The predicted octanol–water partition coefficient (Wildman–Crippen LogP) is 8.76. The van der Waals surface area contributed by atoms with E-state index in [1.54, 1.807) is 18.2 Å². The number of aromatic nitrogens is 6. The standard InChI is InChI=1S/C15H8F3N5O.C15H7F3N2O/c16-15(17,18)10-4-2-1-3-9(10)14-19-11-7-8(5-6-12(11)24-14)13-20-22-23-21-13;1-19-9-6-7-13-12(8-9)20-14(21-13)10-4-2-3-5-11(10)15(16,17)18/h1-7H,(H,20,21,22,23);2-8H. The average molecular weight is 619 g/mol. The van der Waals surface area contributed by atoms with Crippen molar-refractivity contribution in [3.63, 3.8) is 0 Å². The Hall–Kier alpha value is -6.04. The minimum Gasteiger partial charge on any atom is -0.436 e. The van der Waals surface area contributed by atoms with Crippen molar-refractivity contribution in [3.05, 3.63) is 107 Å². The summed E-state index contributed by atoms with van der Waals surface area (Å²) in [5.74, 6) is 0.153. The number of hydrogen-bond acceptors (Lipinski definition) is 7. The molecule has 0 radical (unpaired) electrons. The van der Waals surface area contributed by atoms with E-state index in [1.807, 2.05) is 0 Å². The van der Waals surface area contributed by atoms with Crippen LogP contribution in [0.2, 0.25) is 0 Å². The van der Waals surface area contributed by atoms with E-state index in [2.05, 4.69) is 35.4 Å². The Balaban J connectivity index is 0.000000160. The summed E-state index contributed by atoms with van der Waals surface area (Å²) < 4.78 is 89.3. The van der Waals surface area contributed by atoms with Crippen molar-refractivity contribution in [1.29, 1.82) is 0 Å². The molecule has 0 aliphatic carbocycles.